The number of nitrogens with one attached hydrogen (secondary N) is 1. The number of ether oxygens (including phenoxy) is 1. The van der Waals surface area contributed by atoms with Crippen molar-refractivity contribution >= 4 is 11.6 Å². The van der Waals surface area contributed by atoms with E-state index >= 15 is 0 Å². The maximum Gasteiger partial charge on any atom is 0.258 e. The summed E-state index contributed by atoms with van der Waals surface area (Å²) in [6.45, 7) is -0.175. The molecule has 0 saturated carbocycles. The van der Waals surface area contributed by atoms with Crippen LogP contribution in [-0.2, 0) is 13.1 Å². The van der Waals surface area contributed by atoms with E-state index in [-0.39, 0.29) is 10.8 Å². The number of rotatable bonds is 6. The highest BCUT2D eigenvalue weighted by Crippen LogP contribution is 2.32. The van der Waals surface area contributed by atoms with Crippen LogP contribution >= 0.6 is 11.6 Å². The average molecular weight is 392 g/mol. The molecular weight excluding hydrogens is 376 g/mol. The molecule has 1 aliphatic rings. The first-order chi connectivity index (χ1) is 13.2. The predicted molar refractivity (Wildman–Crippen MR) is 97.1 cm³/mol. The van der Waals surface area contributed by atoms with Crippen molar-refractivity contribution in [3.8, 4) is 28.6 Å². The molecule has 0 unspecified atom stereocenters. The fraction of sp³-hybridized carbons (Fsp3) is 0.263. The molecule has 1 N–H and O–H groups in total. The third kappa shape index (κ3) is 3.65. The van der Waals surface area contributed by atoms with Gasteiger partial charge in [0.1, 0.15) is 19.1 Å². The maximum absolute atomic E-state index is 12.6. The molecule has 8 heteroatoms. The number of hydrogen-bond acceptors (Lipinski definition) is 5. The number of hydrogen-bond donors (Lipinski definition) is 1. The highest BCUT2D eigenvalue weighted by atomic mass is 35.5. The van der Waals surface area contributed by atoms with Crippen molar-refractivity contribution in [2.45, 2.75) is 19.2 Å². The number of halogens is 3. The molecule has 0 fully saturated rings. The first-order valence-electron chi connectivity index (χ1n) is 8.43. The summed E-state index contributed by atoms with van der Waals surface area (Å²) < 4.78 is 35.8. The average Bonchev–Trinajstić information content (AvgIpc) is 3.35. The van der Waals surface area contributed by atoms with Crippen LogP contribution in [0.1, 0.15) is 11.1 Å². The molecule has 1 aliphatic heterocycles. The molecule has 2 heterocycles. The van der Waals surface area contributed by atoms with Gasteiger partial charge in [0.15, 0.2) is 6.10 Å². The lowest BCUT2D eigenvalue weighted by Crippen LogP contribution is -2.21. The van der Waals surface area contributed by atoms with Gasteiger partial charge in [-0.05, 0) is 35.4 Å². The number of fused-ring (bicyclic) bond motifs is 1. The number of alkyl halides is 2. The predicted octanol–water partition coefficient (Wildman–Crippen LogP) is 4.35. The van der Waals surface area contributed by atoms with Crippen LogP contribution in [0, 0.1) is 0 Å². The highest BCUT2D eigenvalue weighted by molar-refractivity contribution is 6.32. The summed E-state index contributed by atoms with van der Waals surface area (Å²) in [6, 6.07) is 10.8. The molecule has 0 saturated heterocycles. The van der Waals surface area contributed by atoms with Crippen LogP contribution in [0.4, 0.5) is 8.78 Å². The third-order valence-corrected chi connectivity index (χ3v) is 4.63. The summed E-state index contributed by atoms with van der Waals surface area (Å²) >= 11 is 6.16. The minimum absolute atomic E-state index is 0.201. The fourth-order valence-electron chi connectivity index (χ4n) is 2.91. The first kappa shape index (κ1) is 17.9. The molecular formula is C19H16ClF2N3O2. The molecule has 1 aromatic heterocycles. The van der Waals surface area contributed by atoms with Crippen LogP contribution < -0.4 is 10.1 Å². The van der Waals surface area contributed by atoms with Gasteiger partial charge in [0.25, 0.3) is 5.89 Å². The molecule has 27 heavy (non-hydrogen) atoms. The second kappa shape index (κ2) is 7.62. The second-order valence-corrected chi connectivity index (χ2v) is 6.61. The van der Waals surface area contributed by atoms with E-state index in [4.69, 9.17) is 20.9 Å². The molecule has 0 amide bonds. The SMILES string of the molecule is FCC(CF)Oc1ccc(-c2nc(-c3ccc4c(c3)CNC4)no2)cc1Cl. The normalized spacial score (nSPS) is 13.2. The summed E-state index contributed by atoms with van der Waals surface area (Å²) in [4.78, 5) is 4.42. The zero-order valence-electron chi connectivity index (χ0n) is 14.2. The third-order valence-electron chi connectivity index (χ3n) is 4.34. The molecule has 0 aliphatic carbocycles. The van der Waals surface area contributed by atoms with Crippen LogP contribution in [0.25, 0.3) is 22.8 Å². The van der Waals surface area contributed by atoms with Crippen LogP contribution in [0.3, 0.4) is 0 Å². The lowest BCUT2D eigenvalue weighted by atomic mass is 10.1. The summed E-state index contributed by atoms with van der Waals surface area (Å²) in [7, 11) is 0. The Morgan fingerprint density at radius 1 is 1.07 bits per heavy atom. The van der Waals surface area contributed by atoms with Crippen molar-refractivity contribution in [2.24, 2.45) is 0 Å². The molecule has 5 nitrogen and oxygen atoms in total. The maximum atomic E-state index is 12.6. The standard InChI is InChI=1S/C19H16ClF2N3O2/c20-16-6-12(3-4-17(16)26-15(7-21)8-22)19-24-18(25-27-19)11-1-2-13-9-23-10-14(13)5-11/h1-6,15,23H,7-10H2. The zero-order valence-corrected chi connectivity index (χ0v) is 15.0. The Morgan fingerprint density at radius 3 is 2.63 bits per heavy atom. The van der Waals surface area contributed by atoms with Crippen molar-refractivity contribution in [3.63, 3.8) is 0 Å². The van der Waals surface area contributed by atoms with Crippen molar-refractivity contribution in [1.82, 2.24) is 15.5 Å². The van der Waals surface area contributed by atoms with Gasteiger partial charge >= 0.3 is 0 Å². The minimum atomic E-state index is -1.17. The van der Waals surface area contributed by atoms with Crippen molar-refractivity contribution in [1.29, 1.82) is 0 Å². The van der Waals surface area contributed by atoms with Gasteiger partial charge in [-0.2, -0.15) is 4.98 Å². The molecule has 0 bridgehead atoms. The van der Waals surface area contributed by atoms with Crippen LogP contribution in [0.15, 0.2) is 40.9 Å². The van der Waals surface area contributed by atoms with E-state index in [2.05, 4.69) is 21.5 Å². The van der Waals surface area contributed by atoms with Gasteiger partial charge in [0.05, 0.1) is 5.02 Å². The molecule has 140 valence electrons. The van der Waals surface area contributed by atoms with Crippen LogP contribution in [0.2, 0.25) is 5.02 Å². The number of nitrogens with zero attached hydrogens (tertiary/aromatic N) is 2. The minimum Gasteiger partial charge on any atom is -0.483 e. The summed E-state index contributed by atoms with van der Waals surface area (Å²) in [5, 5.41) is 7.54. The molecule has 2 aromatic carbocycles. The highest BCUT2D eigenvalue weighted by Gasteiger charge is 2.17. The topological polar surface area (TPSA) is 60.2 Å². The molecule has 4 rings (SSSR count). The van der Waals surface area contributed by atoms with Gasteiger partial charge in [-0.25, -0.2) is 8.78 Å². The smallest absolute Gasteiger partial charge is 0.258 e. The fourth-order valence-corrected chi connectivity index (χ4v) is 3.13. The lowest BCUT2D eigenvalue weighted by molar-refractivity contribution is 0.134. The summed E-state index contributed by atoms with van der Waals surface area (Å²) in [6.07, 6.45) is -1.17. The monoisotopic (exact) mass is 391 g/mol. The van der Waals surface area contributed by atoms with E-state index in [1.165, 1.54) is 17.2 Å². The summed E-state index contributed by atoms with van der Waals surface area (Å²) in [5.41, 5.74) is 3.95. The zero-order chi connectivity index (χ0) is 18.8. The Labute approximate surface area is 159 Å². The van der Waals surface area contributed by atoms with Crippen molar-refractivity contribution in [2.75, 3.05) is 13.3 Å². The van der Waals surface area contributed by atoms with Gasteiger partial charge in [-0.1, -0.05) is 28.9 Å². The summed E-state index contributed by atoms with van der Waals surface area (Å²) in [5.74, 6) is 0.974. The second-order valence-electron chi connectivity index (χ2n) is 6.20. The Balaban J connectivity index is 1.57. The van der Waals surface area contributed by atoms with Gasteiger partial charge in [-0.15, -0.1) is 0 Å². The van der Waals surface area contributed by atoms with Gasteiger partial charge in [-0.3, -0.25) is 0 Å². The molecule has 0 radical (unpaired) electrons. The lowest BCUT2D eigenvalue weighted by Gasteiger charge is -2.13. The van der Waals surface area contributed by atoms with E-state index in [1.54, 1.807) is 12.1 Å². The van der Waals surface area contributed by atoms with Crippen LogP contribution in [-0.4, -0.2) is 29.6 Å². The van der Waals surface area contributed by atoms with E-state index < -0.39 is 19.5 Å². The quantitative estimate of drug-likeness (QED) is 0.677. The largest absolute Gasteiger partial charge is 0.483 e. The van der Waals surface area contributed by atoms with Gasteiger partial charge in [0.2, 0.25) is 5.82 Å². The Hall–Kier alpha value is -2.51. The van der Waals surface area contributed by atoms with Crippen LogP contribution in [0.5, 0.6) is 5.75 Å². The van der Waals surface area contributed by atoms with E-state index in [0.29, 0.717) is 17.3 Å². The molecule has 3 aromatic rings. The molecule has 0 spiro atoms. The van der Waals surface area contributed by atoms with E-state index in [9.17, 15) is 8.78 Å². The van der Waals surface area contributed by atoms with Gasteiger partial charge in [0, 0.05) is 24.2 Å². The number of aromatic nitrogens is 2. The molecule has 0 atom stereocenters. The Morgan fingerprint density at radius 2 is 1.85 bits per heavy atom. The number of benzene rings is 2. The van der Waals surface area contributed by atoms with E-state index in [0.717, 1.165) is 18.7 Å². The first-order valence-corrected chi connectivity index (χ1v) is 8.81. The van der Waals surface area contributed by atoms with E-state index in [1.807, 2.05) is 12.1 Å². The van der Waals surface area contributed by atoms with Gasteiger partial charge < -0.3 is 14.6 Å². The van der Waals surface area contributed by atoms with Crippen molar-refractivity contribution < 1.29 is 18.0 Å². The Kier molecular flexibility index (Phi) is 5.05. The van der Waals surface area contributed by atoms with Crippen molar-refractivity contribution in [3.05, 3.63) is 52.5 Å². The Bertz CT molecular complexity index is 960.